The van der Waals surface area contributed by atoms with E-state index in [9.17, 15) is 14.7 Å². The molecule has 0 aromatic heterocycles. The summed E-state index contributed by atoms with van der Waals surface area (Å²) in [7, 11) is 0. The Labute approximate surface area is 112 Å². The topological polar surface area (TPSA) is 66.4 Å². The van der Waals surface area contributed by atoms with Crippen molar-refractivity contribution in [2.24, 2.45) is 11.8 Å². The summed E-state index contributed by atoms with van der Waals surface area (Å²) in [5.74, 6) is -1.98. The molecule has 0 aliphatic heterocycles. The van der Waals surface area contributed by atoms with Gasteiger partial charge in [-0.05, 0) is 31.4 Å². The number of hydrogen-bond acceptors (Lipinski definition) is 2. The first-order valence-electron chi connectivity index (χ1n) is 6.69. The molecule has 1 aliphatic carbocycles. The maximum Gasteiger partial charge on any atom is 0.307 e. The zero-order chi connectivity index (χ0) is 13.8. The van der Waals surface area contributed by atoms with Crippen LogP contribution in [-0.4, -0.2) is 17.0 Å². The molecule has 1 aliphatic rings. The molecular weight excluding hydrogens is 242 g/mol. The van der Waals surface area contributed by atoms with E-state index in [4.69, 9.17) is 0 Å². The number of carboxylic acid groups (broad SMARTS) is 1. The third-order valence-electron chi connectivity index (χ3n) is 3.82. The van der Waals surface area contributed by atoms with Gasteiger partial charge >= 0.3 is 5.97 Å². The summed E-state index contributed by atoms with van der Waals surface area (Å²) in [6.45, 7) is 1.92. The largest absolute Gasteiger partial charge is 0.481 e. The Bertz CT molecular complexity index is 484. The lowest BCUT2D eigenvalue weighted by atomic mass is 9.78. The van der Waals surface area contributed by atoms with Crippen LogP contribution in [0.3, 0.4) is 0 Å². The molecule has 19 heavy (non-hydrogen) atoms. The maximum absolute atomic E-state index is 12.3. The van der Waals surface area contributed by atoms with Gasteiger partial charge in [0.15, 0.2) is 0 Å². The number of carboxylic acids is 1. The number of carbonyl (C=O) groups excluding carboxylic acids is 1. The molecular formula is C15H19NO3. The molecule has 1 fully saturated rings. The summed E-state index contributed by atoms with van der Waals surface area (Å²) in [6.07, 6.45) is 3.08. The lowest BCUT2D eigenvalue weighted by molar-refractivity contribution is -0.147. The van der Waals surface area contributed by atoms with Crippen molar-refractivity contribution in [3.63, 3.8) is 0 Å². The predicted molar refractivity (Wildman–Crippen MR) is 72.9 cm³/mol. The first-order valence-corrected chi connectivity index (χ1v) is 6.69. The molecule has 102 valence electrons. The highest BCUT2D eigenvalue weighted by molar-refractivity contribution is 5.95. The molecule has 4 nitrogen and oxygen atoms in total. The van der Waals surface area contributed by atoms with Crippen molar-refractivity contribution in [1.82, 2.24) is 0 Å². The number of rotatable bonds is 3. The molecule has 0 saturated heterocycles. The van der Waals surface area contributed by atoms with Gasteiger partial charge in [-0.3, -0.25) is 9.59 Å². The van der Waals surface area contributed by atoms with Crippen LogP contribution in [-0.2, 0) is 9.59 Å². The molecule has 4 heteroatoms. The van der Waals surface area contributed by atoms with Gasteiger partial charge in [0.05, 0.1) is 11.8 Å². The summed E-state index contributed by atoms with van der Waals surface area (Å²) >= 11 is 0. The fraction of sp³-hybridized carbons (Fsp3) is 0.467. The number of aryl methyl sites for hydroxylation is 1. The Morgan fingerprint density at radius 2 is 1.79 bits per heavy atom. The molecule has 2 N–H and O–H groups in total. The SMILES string of the molecule is Cc1ccccc1NC(=O)[C@@H]1CCCC[C@H]1C(=O)O. The van der Waals surface area contributed by atoms with Gasteiger partial charge in [0.2, 0.25) is 5.91 Å². The average molecular weight is 261 g/mol. The third-order valence-corrected chi connectivity index (χ3v) is 3.82. The standard InChI is InChI=1S/C15H19NO3/c1-10-6-2-5-9-13(10)16-14(17)11-7-3-4-8-12(11)15(18)19/h2,5-6,9,11-12H,3-4,7-8H2,1H3,(H,16,17)(H,18,19)/t11-,12-/m1/s1. The fourth-order valence-electron chi connectivity index (χ4n) is 2.68. The zero-order valence-corrected chi connectivity index (χ0v) is 11.1. The smallest absolute Gasteiger partial charge is 0.307 e. The van der Waals surface area contributed by atoms with Crippen LogP contribution in [0.5, 0.6) is 0 Å². The van der Waals surface area contributed by atoms with E-state index in [1.807, 2.05) is 31.2 Å². The van der Waals surface area contributed by atoms with Crippen LogP contribution in [0.4, 0.5) is 5.69 Å². The van der Waals surface area contributed by atoms with E-state index in [0.717, 1.165) is 24.1 Å². The minimum absolute atomic E-state index is 0.165. The third kappa shape index (κ3) is 3.13. The molecule has 2 rings (SSSR count). The number of para-hydroxylation sites is 1. The summed E-state index contributed by atoms with van der Waals surface area (Å²) in [5, 5.41) is 12.1. The van der Waals surface area contributed by atoms with E-state index in [2.05, 4.69) is 5.32 Å². The molecule has 2 atom stereocenters. The monoisotopic (exact) mass is 261 g/mol. The van der Waals surface area contributed by atoms with Gasteiger partial charge in [-0.25, -0.2) is 0 Å². The number of hydrogen-bond donors (Lipinski definition) is 2. The van der Waals surface area contributed by atoms with Crippen molar-refractivity contribution >= 4 is 17.6 Å². The number of aliphatic carboxylic acids is 1. The minimum Gasteiger partial charge on any atom is -0.481 e. The molecule has 0 radical (unpaired) electrons. The fourth-order valence-corrected chi connectivity index (χ4v) is 2.68. The number of anilines is 1. The van der Waals surface area contributed by atoms with Gasteiger partial charge in [-0.1, -0.05) is 31.0 Å². The van der Waals surface area contributed by atoms with Crippen LogP contribution in [0, 0.1) is 18.8 Å². The number of benzene rings is 1. The average Bonchev–Trinajstić information content (AvgIpc) is 2.41. The lowest BCUT2D eigenvalue weighted by Gasteiger charge is -2.27. The molecule has 0 spiro atoms. The van der Waals surface area contributed by atoms with Crippen LogP contribution >= 0.6 is 0 Å². The molecule has 1 saturated carbocycles. The Balaban J connectivity index is 2.10. The van der Waals surface area contributed by atoms with Crippen molar-refractivity contribution in [2.45, 2.75) is 32.6 Å². The normalized spacial score (nSPS) is 22.8. The van der Waals surface area contributed by atoms with Gasteiger partial charge in [0, 0.05) is 5.69 Å². The van der Waals surface area contributed by atoms with Gasteiger partial charge < -0.3 is 10.4 Å². The van der Waals surface area contributed by atoms with Gasteiger partial charge in [0.25, 0.3) is 0 Å². The van der Waals surface area contributed by atoms with Crippen LogP contribution in [0.25, 0.3) is 0 Å². The van der Waals surface area contributed by atoms with Gasteiger partial charge in [-0.15, -0.1) is 0 Å². The van der Waals surface area contributed by atoms with E-state index >= 15 is 0 Å². The van der Waals surface area contributed by atoms with Crippen molar-refractivity contribution in [3.8, 4) is 0 Å². The summed E-state index contributed by atoms with van der Waals surface area (Å²) in [4.78, 5) is 23.5. The second-order valence-electron chi connectivity index (χ2n) is 5.14. The highest BCUT2D eigenvalue weighted by Gasteiger charge is 2.35. The van der Waals surface area contributed by atoms with Crippen LogP contribution in [0.15, 0.2) is 24.3 Å². The van der Waals surface area contributed by atoms with E-state index in [1.54, 1.807) is 0 Å². The van der Waals surface area contributed by atoms with Crippen molar-refractivity contribution < 1.29 is 14.7 Å². The van der Waals surface area contributed by atoms with Crippen molar-refractivity contribution in [1.29, 1.82) is 0 Å². The number of carbonyl (C=O) groups is 2. The molecule has 0 heterocycles. The van der Waals surface area contributed by atoms with E-state index in [-0.39, 0.29) is 5.91 Å². The molecule has 1 aromatic carbocycles. The number of amides is 1. The minimum atomic E-state index is -0.857. The van der Waals surface area contributed by atoms with Crippen LogP contribution in [0.1, 0.15) is 31.2 Å². The first-order chi connectivity index (χ1) is 9.09. The maximum atomic E-state index is 12.3. The van der Waals surface area contributed by atoms with Gasteiger partial charge in [0.1, 0.15) is 0 Å². The Hall–Kier alpha value is -1.84. The Morgan fingerprint density at radius 3 is 2.42 bits per heavy atom. The molecule has 1 amide bonds. The van der Waals surface area contributed by atoms with E-state index < -0.39 is 17.8 Å². The summed E-state index contributed by atoms with van der Waals surface area (Å²) < 4.78 is 0. The zero-order valence-electron chi connectivity index (χ0n) is 11.1. The van der Waals surface area contributed by atoms with E-state index in [1.165, 1.54) is 0 Å². The molecule has 0 bridgehead atoms. The Morgan fingerprint density at radius 1 is 1.16 bits per heavy atom. The highest BCUT2D eigenvalue weighted by Crippen LogP contribution is 2.31. The second-order valence-corrected chi connectivity index (χ2v) is 5.14. The van der Waals surface area contributed by atoms with Crippen molar-refractivity contribution in [2.75, 3.05) is 5.32 Å². The van der Waals surface area contributed by atoms with Crippen LogP contribution < -0.4 is 5.32 Å². The predicted octanol–water partition coefficient (Wildman–Crippen LogP) is 2.82. The van der Waals surface area contributed by atoms with Crippen molar-refractivity contribution in [3.05, 3.63) is 29.8 Å². The van der Waals surface area contributed by atoms with E-state index in [0.29, 0.717) is 12.8 Å². The second kappa shape index (κ2) is 5.87. The quantitative estimate of drug-likeness (QED) is 0.879. The summed E-state index contributed by atoms with van der Waals surface area (Å²) in [5.41, 5.74) is 1.75. The van der Waals surface area contributed by atoms with Gasteiger partial charge in [-0.2, -0.15) is 0 Å². The molecule has 1 aromatic rings. The summed E-state index contributed by atoms with van der Waals surface area (Å²) in [6, 6.07) is 7.53. The molecule has 0 unspecified atom stereocenters. The first kappa shape index (κ1) is 13.6. The lowest BCUT2D eigenvalue weighted by Crippen LogP contribution is -2.36. The number of nitrogens with one attached hydrogen (secondary N) is 1. The Kier molecular flexibility index (Phi) is 4.20. The highest BCUT2D eigenvalue weighted by atomic mass is 16.4. The van der Waals surface area contributed by atoms with Crippen LogP contribution in [0.2, 0.25) is 0 Å².